The van der Waals surface area contributed by atoms with Crippen LogP contribution in [0, 0.1) is 0 Å². The Morgan fingerprint density at radius 3 is 2.76 bits per heavy atom. The Balaban J connectivity index is 2.47. The number of carbonyl (C=O) groups is 1. The molecule has 0 saturated carbocycles. The Labute approximate surface area is 104 Å². The van der Waals surface area contributed by atoms with Crippen LogP contribution in [0.1, 0.15) is 52.4 Å². The second kappa shape index (κ2) is 6.36. The minimum atomic E-state index is -0.280. The highest BCUT2D eigenvalue weighted by molar-refractivity contribution is 5.76. The number of amides is 1. The summed E-state index contributed by atoms with van der Waals surface area (Å²) in [6, 6.07) is 0.238. The Morgan fingerprint density at radius 2 is 2.18 bits per heavy atom. The maximum absolute atomic E-state index is 12.1. The summed E-state index contributed by atoms with van der Waals surface area (Å²) in [6.07, 6.45) is 5.21. The van der Waals surface area contributed by atoms with Crippen molar-refractivity contribution in [2.45, 2.75) is 64.0 Å². The van der Waals surface area contributed by atoms with Crippen molar-refractivity contribution in [2.24, 2.45) is 5.73 Å². The topological polar surface area (TPSA) is 66.6 Å². The molecule has 4 heteroatoms. The van der Waals surface area contributed by atoms with E-state index in [4.69, 9.17) is 10.8 Å². The summed E-state index contributed by atoms with van der Waals surface area (Å²) in [5.74, 6) is 0.196. The molecule has 1 heterocycles. The van der Waals surface area contributed by atoms with Crippen molar-refractivity contribution < 1.29 is 9.90 Å². The van der Waals surface area contributed by atoms with Crippen LogP contribution in [0.2, 0.25) is 0 Å². The number of aliphatic hydroxyl groups is 1. The van der Waals surface area contributed by atoms with Crippen LogP contribution in [-0.2, 0) is 4.79 Å². The first kappa shape index (κ1) is 14.5. The van der Waals surface area contributed by atoms with Crippen LogP contribution in [0.15, 0.2) is 0 Å². The van der Waals surface area contributed by atoms with Gasteiger partial charge in [-0.05, 0) is 46.0 Å². The van der Waals surface area contributed by atoms with Crippen LogP contribution >= 0.6 is 0 Å². The Bertz CT molecular complexity index is 246. The number of carbonyl (C=O) groups excluding carboxylic acids is 1. The van der Waals surface area contributed by atoms with E-state index in [0.29, 0.717) is 19.3 Å². The van der Waals surface area contributed by atoms with Crippen LogP contribution in [0.25, 0.3) is 0 Å². The van der Waals surface area contributed by atoms with E-state index in [2.05, 4.69) is 0 Å². The molecule has 0 aromatic heterocycles. The quantitative estimate of drug-likeness (QED) is 0.763. The Morgan fingerprint density at radius 1 is 1.47 bits per heavy atom. The van der Waals surface area contributed by atoms with Gasteiger partial charge < -0.3 is 15.7 Å². The number of hydrogen-bond donors (Lipinski definition) is 2. The molecule has 1 aliphatic heterocycles. The fourth-order valence-electron chi connectivity index (χ4n) is 2.35. The van der Waals surface area contributed by atoms with Gasteiger partial charge in [0.05, 0.1) is 0 Å². The van der Waals surface area contributed by atoms with E-state index in [9.17, 15) is 4.79 Å². The van der Waals surface area contributed by atoms with Crippen LogP contribution < -0.4 is 5.73 Å². The number of likely N-dealkylation sites (tertiary alicyclic amines) is 1. The van der Waals surface area contributed by atoms with Gasteiger partial charge in [-0.1, -0.05) is 0 Å². The lowest BCUT2D eigenvalue weighted by Gasteiger charge is -2.36. The third-order valence-corrected chi connectivity index (χ3v) is 3.39. The van der Waals surface area contributed by atoms with Crippen molar-refractivity contribution in [3.63, 3.8) is 0 Å². The molecule has 1 rings (SSSR count). The minimum absolute atomic E-state index is 0.164. The van der Waals surface area contributed by atoms with Gasteiger partial charge in [-0.25, -0.2) is 0 Å². The zero-order valence-corrected chi connectivity index (χ0v) is 11.1. The lowest BCUT2D eigenvalue weighted by Crippen LogP contribution is -2.45. The molecule has 1 aliphatic rings. The molecule has 0 bridgehead atoms. The minimum Gasteiger partial charge on any atom is -0.396 e. The van der Waals surface area contributed by atoms with Crippen molar-refractivity contribution in [1.82, 2.24) is 4.90 Å². The molecule has 1 atom stereocenters. The van der Waals surface area contributed by atoms with Gasteiger partial charge >= 0.3 is 0 Å². The zero-order valence-electron chi connectivity index (χ0n) is 11.1. The molecule has 17 heavy (non-hydrogen) atoms. The fourth-order valence-corrected chi connectivity index (χ4v) is 2.35. The summed E-state index contributed by atoms with van der Waals surface area (Å²) in [5, 5.41) is 9.02. The summed E-state index contributed by atoms with van der Waals surface area (Å²) in [7, 11) is 0. The van der Waals surface area contributed by atoms with Gasteiger partial charge in [0.15, 0.2) is 0 Å². The van der Waals surface area contributed by atoms with Gasteiger partial charge in [-0.15, -0.1) is 0 Å². The summed E-state index contributed by atoms with van der Waals surface area (Å²) < 4.78 is 0. The third-order valence-electron chi connectivity index (χ3n) is 3.39. The summed E-state index contributed by atoms with van der Waals surface area (Å²) >= 11 is 0. The van der Waals surface area contributed by atoms with E-state index in [0.717, 1.165) is 25.8 Å². The number of rotatable bonds is 5. The Kier molecular flexibility index (Phi) is 5.40. The number of nitrogens with two attached hydrogens (primary N) is 1. The molecule has 1 saturated heterocycles. The molecule has 0 aliphatic carbocycles. The zero-order chi connectivity index (χ0) is 12.9. The molecule has 0 aromatic rings. The van der Waals surface area contributed by atoms with E-state index in [1.165, 1.54) is 0 Å². The molecule has 0 aromatic carbocycles. The Hall–Kier alpha value is -0.610. The maximum atomic E-state index is 12.1. The van der Waals surface area contributed by atoms with Crippen molar-refractivity contribution >= 4 is 5.91 Å². The smallest absolute Gasteiger partial charge is 0.222 e. The summed E-state index contributed by atoms with van der Waals surface area (Å²) in [4.78, 5) is 14.1. The lowest BCUT2D eigenvalue weighted by atomic mass is 9.96. The molecule has 0 spiro atoms. The first-order valence-electron chi connectivity index (χ1n) is 6.63. The highest BCUT2D eigenvalue weighted by Crippen LogP contribution is 2.21. The maximum Gasteiger partial charge on any atom is 0.222 e. The second-order valence-corrected chi connectivity index (χ2v) is 5.74. The molecular weight excluding hydrogens is 216 g/mol. The monoisotopic (exact) mass is 242 g/mol. The van der Waals surface area contributed by atoms with Gasteiger partial charge in [-0.2, -0.15) is 0 Å². The third kappa shape index (κ3) is 5.04. The van der Waals surface area contributed by atoms with Crippen LogP contribution in [-0.4, -0.2) is 40.6 Å². The molecule has 1 amide bonds. The van der Waals surface area contributed by atoms with Gasteiger partial charge in [-0.3, -0.25) is 4.79 Å². The van der Waals surface area contributed by atoms with Crippen molar-refractivity contribution in [1.29, 1.82) is 0 Å². The molecule has 4 nitrogen and oxygen atoms in total. The molecule has 100 valence electrons. The van der Waals surface area contributed by atoms with Crippen molar-refractivity contribution in [3.05, 3.63) is 0 Å². The lowest BCUT2D eigenvalue weighted by molar-refractivity contribution is -0.135. The molecular formula is C13H26N2O2. The largest absolute Gasteiger partial charge is 0.396 e. The number of aliphatic hydroxyl groups excluding tert-OH is 1. The predicted molar refractivity (Wildman–Crippen MR) is 68.6 cm³/mol. The van der Waals surface area contributed by atoms with Crippen molar-refractivity contribution in [2.75, 3.05) is 13.2 Å². The van der Waals surface area contributed by atoms with E-state index < -0.39 is 0 Å². The standard InChI is InChI=1S/C13H26N2O2/c1-13(2,14)8-6-12(17)15-9-4-3-5-11(15)7-10-16/h11,16H,3-10,14H2,1-2H3. The molecule has 3 N–H and O–H groups in total. The van der Waals surface area contributed by atoms with Gasteiger partial charge in [0.25, 0.3) is 0 Å². The first-order chi connectivity index (χ1) is 7.94. The SMILES string of the molecule is CC(C)(N)CCC(=O)N1CCCCC1CCO. The highest BCUT2D eigenvalue weighted by atomic mass is 16.3. The van der Waals surface area contributed by atoms with E-state index in [-0.39, 0.29) is 24.1 Å². The van der Waals surface area contributed by atoms with Gasteiger partial charge in [0.2, 0.25) is 5.91 Å². The average Bonchev–Trinajstić information content (AvgIpc) is 2.26. The number of nitrogens with zero attached hydrogens (tertiary/aromatic N) is 1. The van der Waals surface area contributed by atoms with Crippen molar-refractivity contribution in [3.8, 4) is 0 Å². The fraction of sp³-hybridized carbons (Fsp3) is 0.923. The van der Waals surface area contributed by atoms with E-state index >= 15 is 0 Å². The number of piperidine rings is 1. The highest BCUT2D eigenvalue weighted by Gasteiger charge is 2.26. The van der Waals surface area contributed by atoms with E-state index in [1.54, 1.807) is 0 Å². The summed E-state index contributed by atoms with van der Waals surface area (Å²) in [5.41, 5.74) is 5.62. The van der Waals surface area contributed by atoms with Crippen LogP contribution in [0.3, 0.4) is 0 Å². The second-order valence-electron chi connectivity index (χ2n) is 5.74. The molecule has 1 unspecified atom stereocenters. The molecule has 0 radical (unpaired) electrons. The normalized spacial score (nSPS) is 21.6. The average molecular weight is 242 g/mol. The molecule has 1 fully saturated rings. The van der Waals surface area contributed by atoms with Gasteiger partial charge in [0.1, 0.15) is 0 Å². The first-order valence-corrected chi connectivity index (χ1v) is 6.63. The van der Waals surface area contributed by atoms with Crippen LogP contribution in [0.4, 0.5) is 0 Å². The van der Waals surface area contributed by atoms with Crippen LogP contribution in [0.5, 0.6) is 0 Å². The summed E-state index contributed by atoms with van der Waals surface area (Å²) in [6.45, 7) is 4.90. The predicted octanol–water partition coefficient (Wildman–Crippen LogP) is 1.27. The number of hydrogen-bond acceptors (Lipinski definition) is 3. The van der Waals surface area contributed by atoms with Gasteiger partial charge in [0, 0.05) is 31.2 Å². The van der Waals surface area contributed by atoms with E-state index in [1.807, 2.05) is 18.7 Å².